The molecule has 0 spiro atoms. The largest absolute Gasteiger partial charge is 0.379 e. The normalized spacial score (nSPS) is 14.3. The van der Waals surface area contributed by atoms with Crippen LogP contribution < -0.4 is 5.73 Å². The molecule has 0 saturated carbocycles. The molecule has 2 atom stereocenters. The third-order valence-electron chi connectivity index (χ3n) is 3.01. The minimum absolute atomic E-state index is 0.0365. The summed E-state index contributed by atoms with van der Waals surface area (Å²) in [5.41, 5.74) is 7.00. The van der Waals surface area contributed by atoms with Crippen molar-refractivity contribution in [2.45, 2.75) is 45.3 Å². The van der Waals surface area contributed by atoms with Gasteiger partial charge in [0.25, 0.3) is 0 Å². The molecule has 4 heteroatoms. The number of nitrogens with zero attached hydrogens (tertiary/aromatic N) is 1. The van der Waals surface area contributed by atoms with Crippen molar-refractivity contribution in [1.82, 2.24) is 4.98 Å². The highest BCUT2D eigenvalue weighted by molar-refractivity contribution is 5.09. The summed E-state index contributed by atoms with van der Waals surface area (Å²) < 4.78 is 11.3. The second-order valence-corrected chi connectivity index (χ2v) is 4.58. The Hall–Kier alpha value is -0.970. The van der Waals surface area contributed by atoms with Crippen molar-refractivity contribution in [2.75, 3.05) is 19.8 Å². The van der Waals surface area contributed by atoms with E-state index in [2.05, 4.69) is 18.8 Å². The number of hydrogen-bond acceptors (Lipinski definition) is 4. The molecule has 1 heterocycles. The van der Waals surface area contributed by atoms with Gasteiger partial charge < -0.3 is 15.2 Å². The van der Waals surface area contributed by atoms with E-state index in [1.165, 1.54) is 0 Å². The summed E-state index contributed by atoms with van der Waals surface area (Å²) in [5.74, 6) is 0. The summed E-state index contributed by atoms with van der Waals surface area (Å²) in [6.45, 7) is 6.17. The van der Waals surface area contributed by atoms with E-state index in [0.717, 1.165) is 31.6 Å². The van der Waals surface area contributed by atoms with Crippen molar-refractivity contribution < 1.29 is 9.47 Å². The van der Waals surface area contributed by atoms with Crippen LogP contribution in [0.15, 0.2) is 24.4 Å². The maximum absolute atomic E-state index is 6.11. The zero-order valence-electron chi connectivity index (χ0n) is 12.0. The molecule has 19 heavy (non-hydrogen) atoms. The van der Waals surface area contributed by atoms with Gasteiger partial charge in [0, 0.05) is 18.8 Å². The Labute approximate surface area is 116 Å². The van der Waals surface area contributed by atoms with Gasteiger partial charge in [-0.25, -0.2) is 0 Å². The van der Waals surface area contributed by atoms with Gasteiger partial charge >= 0.3 is 0 Å². The zero-order chi connectivity index (χ0) is 13.9. The quantitative estimate of drug-likeness (QED) is 0.661. The summed E-state index contributed by atoms with van der Waals surface area (Å²) in [7, 11) is 0. The van der Waals surface area contributed by atoms with Gasteiger partial charge in [0.1, 0.15) is 6.10 Å². The van der Waals surface area contributed by atoms with Crippen molar-refractivity contribution in [2.24, 2.45) is 5.73 Å². The molecule has 0 aliphatic heterocycles. The molecule has 0 aliphatic carbocycles. The number of nitrogens with two attached hydrogens (primary N) is 1. The second-order valence-electron chi connectivity index (χ2n) is 4.58. The van der Waals surface area contributed by atoms with Crippen molar-refractivity contribution >= 4 is 0 Å². The summed E-state index contributed by atoms with van der Waals surface area (Å²) in [6.07, 6.45) is 4.72. The van der Waals surface area contributed by atoms with Gasteiger partial charge in [-0.3, -0.25) is 4.98 Å². The molecule has 0 bridgehead atoms. The summed E-state index contributed by atoms with van der Waals surface area (Å²) in [4.78, 5) is 4.33. The Bertz CT molecular complexity index is 319. The Morgan fingerprint density at radius 1 is 1.21 bits per heavy atom. The predicted octanol–water partition coefficient (Wildman–Crippen LogP) is 2.69. The van der Waals surface area contributed by atoms with E-state index in [4.69, 9.17) is 15.2 Å². The molecule has 0 saturated heterocycles. The second kappa shape index (κ2) is 9.89. The first-order valence-electron chi connectivity index (χ1n) is 7.15. The van der Waals surface area contributed by atoms with Gasteiger partial charge in [-0.05, 0) is 25.0 Å². The van der Waals surface area contributed by atoms with E-state index in [0.29, 0.717) is 13.2 Å². The third kappa shape index (κ3) is 6.14. The van der Waals surface area contributed by atoms with Gasteiger partial charge in [0.2, 0.25) is 0 Å². The van der Waals surface area contributed by atoms with Gasteiger partial charge in [-0.15, -0.1) is 0 Å². The van der Waals surface area contributed by atoms with Gasteiger partial charge in [0.15, 0.2) is 0 Å². The zero-order valence-corrected chi connectivity index (χ0v) is 12.0. The molecule has 0 fully saturated rings. The van der Waals surface area contributed by atoms with E-state index in [-0.39, 0.29) is 12.1 Å². The smallest absolute Gasteiger partial charge is 0.115 e. The molecule has 4 nitrogen and oxygen atoms in total. The van der Waals surface area contributed by atoms with Crippen LogP contribution in [0.3, 0.4) is 0 Å². The topological polar surface area (TPSA) is 57.4 Å². The molecule has 1 aromatic heterocycles. The number of rotatable bonds is 10. The highest BCUT2D eigenvalue weighted by Gasteiger charge is 2.20. The van der Waals surface area contributed by atoms with Crippen LogP contribution in [0.1, 0.15) is 44.9 Å². The number of pyridine rings is 1. The van der Waals surface area contributed by atoms with E-state index in [1.54, 1.807) is 6.20 Å². The van der Waals surface area contributed by atoms with Crippen molar-refractivity contribution in [3.05, 3.63) is 30.1 Å². The van der Waals surface area contributed by atoms with Crippen molar-refractivity contribution in [3.63, 3.8) is 0 Å². The lowest BCUT2D eigenvalue weighted by Crippen LogP contribution is -2.31. The molecule has 1 aromatic rings. The molecular formula is C15H26N2O2. The monoisotopic (exact) mass is 266 g/mol. The molecule has 0 aromatic carbocycles. The molecule has 108 valence electrons. The van der Waals surface area contributed by atoms with E-state index in [9.17, 15) is 0 Å². The van der Waals surface area contributed by atoms with Crippen LogP contribution >= 0.6 is 0 Å². The fourth-order valence-electron chi connectivity index (χ4n) is 1.77. The van der Waals surface area contributed by atoms with Gasteiger partial charge in [-0.2, -0.15) is 0 Å². The van der Waals surface area contributed by atoms with Crippen LogP contribution in [-0.2, 0) is 9.47 Å². The Balaban J connectivity index is 2.39. The summed E-state index contributed by atoms with van der Waals surface area (Å²) in [6, 6.07) is 5.77. The molecule has 0 amide bonds. The maximum atomic E-state index is 6.11. The first-order chi connectivity index (χ1) is 9.29. The van der Waals surface area contributed by atoms with Gasteiger partial charge in [0.05, 0.1) is 18.9 Å². The molecule has 2 N–H and O–H groups in total. The predicted molar refractivity (Wildman–Crippen MR) is 76.9 cm³/mol. The lowest BCUT2D eigenvalue weighted by molar-refractivity contribution is -0.0100. The van der Waals surface area contributed by atoms with Crippen LogP contribution in [0.4, 0.5) is 0 Å². The van der Waals surface area contributed by atoms with Crippen LogP contribution in [0.2, 0.25) is 0 Å². The maximum Gasteiger partial charge on any atom is 0.115 e. The molecule has 1 rings (SSSR count). The average molecular weight is 266 g/mol. The lowest BCUT2D eigenvalue weighted by Gasteiger charge is -2.22. The highest BCUT2D eigenvalue weighted by Crippen LogP contribution is 2.19. The molecular weight excluding hydrogens is 240 g/mol. The van der Waals surface area contributed by atoms with E-state index >= 15 is 0 Å². The SMILES string of the molecule is CCCCOCCOC(c1ccccn1)C(N)CC. The van der Waals surface area contributed by atoms with Crippen LogP contribution in [0, 0.1) is 0 Å². The molecule has 0 aliphatic rings. The fourth-order valence-corrected chi connectivity index (χ4v) is 1.77. The van der Waals surface area contributed by atoms with Gasteiger partial charge in [-0.1, -0.05) is 26.3 Å². The Morgan fingerprint density at radius 3 is 2.68 bits per heavy atom. The van der Waals surface area contributed by atoms with Crippen LogP contribution in [-0.4, -0.2) is 30.8 Å². The summed E-state index contributed by atoms with van der Waals surface area (Å²) >= 11 is 0. The summed E-state index contributed by atoms with van der Waals surface area (Å²) in [5, 5.41) is 0. The Kier molecular flexibility index (Phi) is 8.38. The van der Waals surface area contributed by atoms with Crippen molar-refractivity contribution in [1.29, 1.82) is 0 Å². The van der Waals surface area contributed by atoms with Crippen molar-refractivity contribution in [3.8, 4) is 0 Å². The van der Waals surface area contributed by atoms with E-state index in [1.807, 2.05) is 18.2 Å². The first-order valence-corrected chi connectivity index (χ1v) is 7.15. The molecule has 0 radical (unpaired) electrons. The lowest BCUT2D eigenvalue weighted by atomic mass is 10.1. The number of unbranched alkanes of at least 4 members (excludes halogenated alkanes) is 1. The number of hydrogen-bond donors (Lipinski definition) is 1. The average Bonchev–Trinajstić information content (AvgIpc) is 2.47. The minimum Gasteiger partial charge on any atom is -0.379 e. The number of aromatic nitrogens is 1. The fraction of sp³-hybridized carbons (Fsp3) is 0.667. The number of ether oxygens (including phenoxy) is 2. The third-order valence-corrected chi connectivity index (χ3v) is 3.01. The van der Waals surface area contributed by atoms with Crippen LogP contribution in [0.5, 0.6) is 0 Å². The van der Waals surface area contributed by atoms with E-state index < -0.39 is 0 Å². The minimum atomic E-state index is -0.152. The van der Waals surface area contributed by atoms with Crippen LogP contribution in [0.25, 0.3) is 0 Å². The first kappa shape index (κ1) is 16.1. The standard InChI is InChI=1S/C15H26N2O2/c1-3-5-10-18-11-12-19-15(13(16)4-2)14-8-6-7-9-17-14/h6-9,13,15H,3-5,10-12,16H2,1-2H3. The molecule has 2 unspecified atom stereocenters. The highest BCUT2D eigenvalue weighted by atomic mass is 16.5. The Morgan fingerprint density at radius 2 is 2.05 bits per heavy atom.